The Morgan fingerprint density at radius 2 is 2.22 bits per heavy atom. The van der Waals surface area contributed by atoms with E-state index < -0.39 is 0 Å². The van der Waals surface area contributed by atoms with E-state index in [0.29, 0.717) is 6.54 Å². The Bertz CT molecular complexity index is 666. The number of likely N-dealkylation sites (tertiary alicyclic amines) is 1. The first-order valence-corrected chi connectivity index (χ1v) is 8.24. The van der Waals surface area contributed by atoms with Crippen LogP contribution in [0.5, 0.6) is 0 Å². The molecule has 5 nitrogen and oxygen atoms in total. The van der Waals surface area contributed by atoms with Crippen molar-refractivity contribution in [3.63, 3.8) is 0 Å². The molecule has 1 aromatic carbocycles. The van der Waals surface area contributed by atoms with Gasteiger partial charge in [-0.2, -0.15) is 0 Å². The molecule has 1 fully saturated rings. The summed E-state index contributed by atoms with van der Waals surface area (Å²) in [4.78, 5) is 22.2. The van der Waals surface area contributed by atoms with Crippen LogP contribution in [0.3, 0.4) is 0 Å². The van der Waals surface area contributed by atoms with E-state index in [2.05, 4.69) is 34.0 Å². The van der Waals surface area contributed by atoms with Crippen LogP contribution in [0, 0.1) is 13.8 Å². The lowest BCUT2D eigenvalue weighted by Gasteiger charge is -2.33. The number of H-pyrrole nitrogens is 1. The smallest absolute Gasteiger partial charge is 0.238 e. The number of aromatic nitrogens is 2. The van der Waals surface area contributed by atoms with Crippen LogP contribution in [0.1, 0.15) is 42.3 Å². The number of anilines is 1. The first-order chi connectivity index (χ1) is 11.1. The number of benzene rings is 1. The fourth-order valence-electron chi connectivity index (χ4n) is 3.15. The Morgan fingerprint density at radius 3 is 2.96 bits per heavy atom. The summed E-state index contributed by atoms with van der Waals surface area (Å²) >= 11 is 0. The minimum Gasteiger partial charge on any atom is -0.347 e. The third kappa shape index (κ3) is 3.79. The predicted octanol–water partition coefficient (Wildman–Crippen LogP) is 3.19. The molecule has 2 aromatic rings. The fraction of sp³-hybridized carbons (Fsp3) is 0.444. The Labute approximate surface area is 137 Å². The highest BCUT2D eigenvalue weighted by molar-refractivity contribution is 5.92. The number of imidazole rings is 1. The molecule has 1 amide bonds. The van der Waals surface area contributed by atoms with E-state index in [1.807, 2.05) is 24.4 Å². The van der Waals surface area contributed by atoms with E-state index in [9.17, 15) is 4.79 Å². The van der Waals surface area contributed by atoms with Crippen LogP contribution in [0.25, 0.3) is 0 Å². The molecule has 1 atom stereocenters. The Kier molecular flexibility index (Phi) is 4.76. The summed E-state index contributed by atoms with van der Waals surface area (Å²) in [6, 6.07) is 6.23. The van der Waals surface area contributed by atoms with E-state index in [1.54, 1.807) is 6.20 Å². The van der Waals surface area contributed by atoms with Crippen molar-refractivity contribution in [3.8, 4) is 0 Å². The number of aryl methyl sites for hydroxylation is 2. The van der Waals surface area contributed by atoms with Gasteiger partial charge in [-0.1, -0.05) is 12.5 Å². The lowest BCUT2D eigenvalue weighted by molar-refractivity contribution is -0.118. The minimum absolute atomic E-state index is 0.0340. The molecule has 2 N–H and O–H groups in total. The van der Waals surface area contributed by atoms with Gasteiger partial charge in [0, 0.05) is 18.1 Å². The van der Waals surface area contributed by atoms with Crippen LogP contribution in [0.4, 0.5) is 5.69 Å². The molecule has 2 heterocycles. The van der Waals surface area contributed by atoms with Crippen molar-refractivity contribution >= 4 is 11.6 Å². The molecule has 0 radical (unpaired) electrons. The number of piperidine rings is 1. The molecule has 0 spiro atoms. The maximum Gasteiger partial charge on any atom is 0.238 e. The number of rotatable bonds is 4. The second-order valence-electron chi connectivity index (χ2n) is 6.30. The van der Waals surface area contributed by atoms with Gasteiger partial charge < -0.3 is 10.3 Å². The molecule has 5 heteroatoms. The SMILES string of the molecule is Cc1ccc(NC(=O)CN2CCCC[C@H]2c2ncc[nH]2)cc1C. The maximum atomic E-state index is 12.4. The topological polar surface area (TPSA) is 61.0 Å². The largest absolute Gasteiger partial charge is 0.347 e. The number of aromatic amines is 1. The Hall–Kier alpha value is -2.14. The van der Waals surface area contributed by atoms with Crippen molar-refractivity contribution in [2.24, 2.45) is 0 Å². The molecular formula is C18H24N4O. The molecule has 1 aromatic heterocycles. The molecule has 0 saturated carbocycles. The number of hydrogen-bond acceptors (Lipinski definition) is 3. The summed E-state index contributed by atoms with van der Waals surface area (Å²) in [7, 11) is 0. The van der Waals surface area contributed by atoms with Gasteiger partial charge in [0.1, 0.15) is 5.82 Å². The normalized spacial score (nSPS) is 18.8. The molecule has 1 saturated heterocycles. The second-order valence-corrected chi connectivity index (χ2v) is 6.30. The number of carbonyl (C=O) groups is 1. The Balaban J connectivity index is 1.64. The van der Waals surface area contributed by atoms with Crippen molar-refractivity contribution in [3.05, 3.63) is 47.5 Å². The molecular weight excluding hydrogens is 288 g/mol. The van der Waals surface area contributed by atoms with Gasteiger partial charge in [-0.15, -0.1) is 0 Å². The third-order valence-corrected chi connectivity index (χ3v) is 4.59. The number of nitrogens with zero attached hydrogens (tertiary/aromatic N) is 2. The highest BCUT2D eigenvalue weighted by Gasteiger charge is 2.27. The first kappa shape index (κ1) is 15.7. The van der Waals surface area contributed by atoms with Crippen molar-refractivity contribution in [2.75, 3.05) is 18.4 Å². The summed E-state index contributed by atoms with van der Waals surface area (Å²) in [5, 5.41) is 3.01. The summed E-state index contributed by atoms with van der Waals surface area (Å²) in [6.07, 6.45) is 6.98. The highest BCUT2D eigenvalue weighted by atomic mass is 16.2. The third-order valence-electron chi connectivity index (χ3n) is 4.59. The lowest BCUT2D eigenvalue weighted by atomic mass is 10.0. The van der Waals surface area contributed by atoms with Crippen LogP contribution < -0.4 is 5.32 Å². The minimum atomic E-state index is 0.0340. The molecule has 0 aliphatic carbocycles. The average Bonchev–Trinajstić information content (AvgIpc) is 3.06. The number of hydrogen-bond donors (Lipinski definition) is 2. The lowest BCUT2D eigenvalue weighted by Crippen LogP contribution is -2.39. The quantitative estimate of drug-likeness (QED) is 0.911. The van der Waals surface area contributed by atoms with Crippen LogP contribution in [-0.2, 0) is 4.79 Å². The van der Waals surface area contributed by atoms with Gasteiger partial charge in [-0.3, -0.25) is 9.69 Å². The van der Waals surface area contributed by atoms with Crippen molar-refractivity contribution in [1.29, 1.82) is 0 Å². The summed E-state index contributed by atoms with van der Waals surface area (Å²) in [5.74, 6) is 0.996. The summed E-state index contributed by atoms with van der Waals surface area (Å²) in [6.45, 7) is 5.47. The van der Waals surface area contributed by atoms with Gasteiger partial charge in [-0.05, 0) is 56.5 Å². The van der Waals surface area contributed by atoms with Gasteiger partial charge in [0.25, 0.3) is 0 Å². The molecule has 1 aliphatic heterocycles. The molecule has 0 bridgehead atoms. The van der Waals surface area contributed by atoms with Crippen molar-refractivity contribution in [1.82, 2.24) is 14.9 Å². The van der Waals surface area contributed by atoms with E-state index in [4.69, 9.17) is 0 Å². The highest BCUT2D eigenvalue weighted by Crippen LogP contribution is 2.28. The standard InChI is InChI=1S/C18H24N4O/c1-13-6-7-15(11-14(13)2)21-17(23)12-22-10-4-3-5-16(22)18-19-8-9-20-18/h6-9,11,16H,3-5,10,12H2,1-2H3,(H,19,20)(H,21,23)/t16-/m0/s1. The van der Waals surface area contributed by atoms with Gasteiger partial charge in [0.15, 0.2) is 0 Å². The fourth-order valence-corrected chi connectivity index (χ4v) is 3.15. The zero-order valence-electron chi connectivity index (χ0n) is 13.8. The number of carbonyl (C=O) groups excluding carboxylic acids is 1. The van der Waals surface area contributed by atoms with Crippen LogP contribution >= 0.6 is 0 Å². The van der Waals surface area contributed by atoms with Gasteiger partial charge in [-0.25, -0.2) is 4.98 Å². The van der Waals surface area contributed by atoms with E-state index in [1.165, 1.54) is 17.5 Å². The van der Waals surface area contributed by atoms with E-state index >= 15 is 0 Å². The van der Waals surface area contributed by atoms with Gasteiger partial charge in [0.2, 0.25) is 5.91 Å². The van der Waals surface area contributed by atoms with E-state index in [-0.39, 0.29) is 11.9 Å². The van der Waals surface area contributed by atoms with Crippen molar-refractivity contribution < 1.29 is 4.79 Å². The van der Waals surface area contributed by atoms with Gasteiger partial charge in [0.05, 0.1) is 12.6 Å². The second kappa shape index (κ2) is 6.96. The summed E-state index contributed by atoms with van der Waals surface area (Å²) in [5.41, 5.74) is 3.29. The number of nitrogens with one attached hydrogen (secondary N) is 2. The average molecular weight is 312 g/mol. The zero-order valence-corrected chi connectivity index (χ0v) is 13.8. The molecule has 122 valence electrons. The molecule has 0 unspecified atom stereocenters. The maximum absolute atomic E-state index is 12.4. The molecule has 3 rings (SSSR count). The van der Waals surface area contributed by atoms with Gasteiger partial charge >= 0.3 is 0 Å². The van der Waals surface area contributed by atoms with Crippen LogP contribution in [0.2, 0.25) is 0 Å². The van der Waals surface area contributed by atoms with Crippen LogP contribution in [0.15, 0.2) is 30.6 Å². The van der Waals surface area contributed by atoms with Crippen LogP contribution in [-0.4, -0.2) is 33.9 Å². The van der Waals surface area contributed by atoms with E-state index in [0.717, 1.165) is 30.9 Å². The number of amides is 1. The van der Waals surface area contributed by atoms with Crippen molar-refractivity contribution in [2.45, 2.75) is 39.2 Å². The summed E-state index contributed by atoms with van der Waals surface area (Å²) < 4.78 is 0. The monoisotopic (exact) mass is 312 g/mol. The first-order valence-electron chi connectivity index (χ1n) is 8.24. The molecule has 1 aliphatic rings. The Morgan fingerprint density at radius 1 is 1.35 bits per heavy atom. The zero-order chi connectivity index (χ0) is 16.2. The predicted molar refractivity (Wildman–Crippen MR) is 91.3 cm³/mol. The molecule has 23 heavy (non-hydrogen) atoms.